The largest absolute Gasteiger partial charge is 0.454 e. The zero-order valence-electron chi connectivity index (χ0n) is 9.13. The van der Waals surface area contributed by atoms with Crippen LogP contribution in [0.25, 0.3) is 0 Å². The van der Waals surface area contributed by atoms with E-state index in [1.807, 2.05) is 0 Å². The molecule has 0 saturated carbocycles. The number of Topliss-reactive ketones (excluding diaryl/α,β-unsaturated/α-hetero) is 1. The summed E-state index contributed by atoms with van der Waals surface area (Å²) < 4.78 is 4.91. The van der Waals surface area contributed by atoms with Crippen LogP contribution in [-0.2, 0) is 14.3 Å². The summed E-state index contributed by atoms with van der Waals surface area (Å²) in [6, 6.07) is 0. The molecule has 2 N–H and O–H groups in total. The van der Waals surface area contributed by atoms with Gasteiger partial charge in [-0.2, -0.15) is 0 Å². The molecule has 0 radical (unpaired) electrons. The summed E-state index contributed by atoms with van der Waals surface area (Å²) in [7, 11) is 0. The van der Waals surface area contributed by atoms with Crippen LogP contribution < -0.4 is 5.73 Å². The number of esters is 1. The lowest BCUT2D eigenvalue weighted by atomic mass is 10.1. The quantitative estimate of drug-likeness (QED) is 0.409. The average molecular weight is 201 g/mol. The fraction of sp³-hybridized carbons (Fsp3) is 0.800. The standard InChI is InChI=1S/C10H19NO3/c1-10(2,3)14-9(13)8(12)6-4-5-7-11/h4-7,11H2,1-3H3. The molecule has 0 saturated heterocycles. The molecular formula is C10H19NO3. The smallest absolute Gasteiger partial charge is 0.375 e. The predicted molar refractivity (Wildman–Crippen MR) is 53.8 cm³/mol. The van der Waals surface area contributed by atoms with Gasteiger partial charge >= 0.3 is 5.97 Å². The number of ether oxygens (including phenoxy) is 1. The second-order valence-electron chi connectivity index (χ2n) is 4.17. The highest BCUT2D eigenvalue weighted by atomic mass is 16.6. The number of ketones is 1. The Labute approximate surface area is 84.8 Å². The normalized spacial score (nSPS) is 11.1. The zero-order chi connectivity index (χ0) is 11.2. The highest BCUT2D eigenvalue weighted by molar-refractivity contribution is 6.33. The zero-order valence-corrected chi connectivity index (χ0v) is 9.13. The fourth-order valence-corrected chi connectivity index (χ4v) is 0.867. The molecule has 4 heteroatoms. The van der Waals surface area contributed by atoms with Crippen LogP contribution in [0.4, 0.5) is 0 Å². The van der Waals surface area contributed by atoms with E-state index in [2.05, 4.69) is 0 Å². The van der Waals surface area contributed by atoms with E-state index in [-0.39, 0.29) is 6.42 Å². The third kappa shape index (κ3) is 6.60. The van der Waals surface area contributed by atoms with Crippen LogP contribution in [-0.4, -0.2) is 23.9 Å². The van der Waals surface area contributed by atoms with Crippen LogP contribution in [0.1, 0.15) is 40.0 Å². The molecule has 0 rings (SSSR count). The van der Waals surface area contributed by atoms with Crippen LogP contribution in [0.5, 0.6) is 0 Å². The lowest BCUT2D eigenvalue weighted by molar-refractivity contribution is -0.162. The molecule has 0 heterocycles. The molecule has 4 nitrogen and oxygen atoms in total. The van der Waals surface area contributed by atoms with Crippen LogP contribution in [0.2, 0.25) is 0 Å². The molecule has 0 aliphatic heterocycles. The van der Waals surface area contributed by atoms with Crippen molar-refractivity contribution in [2.24, 2.45) is 5.73 Å². The van der Waals surface area contributed by atoms with Crippen molar-refractivity contribution in [3.8, 4) is 0 Å². The maximum Gasteiger partial charge on any atom is 0.375 e. The molecule has 14 heavy (non-hydrogen) atoms. The summed E-state index contributed by atoms with van der Waals surface area (Å²) in [5, 5.41) is 0. The third-order valence-electron chi connectivity index (χ3n) is 1.48. The van der Waals surface area contributed by atoms with Crippen LogP contribution >= 0.6 is 0 Å². The summed E-state index contributed by atoms with van der Waals surface area (Å²) >= 11 is 0. The Morgan fingerprint density at radius 3 is 2.21 bits per heavy atom. The van der Waals surface area contributed by atoms with Gasteiger partial charge in [0.25, 0.3) is 0 Å². The molecular weight excluding hydrogens is 182 g/mol. The average Bonchev–Trinajstić information content (AvgIpc) is 2.01. The van der Waals surface area contributed by atoms with Crippen molar-refractivity contribution in [2.75, 3.05) is 6.54 Å². The molecule has 0 atom stereocenters. The van der Waals surface area contributed by atoms with Crippen molar-refractivity contribution in [1.82, 2.24) is 0 Å². The Balaban J connectivity index is 3.83. The van der Waals surface area contributed by atoms with Crippen molar-refractivity contribution in [3.05, 3.63) is 0 Å². The van der Waals surface area contributed by atoms with Crippen LogP contribution in [0, 0.1) is 0 Å². The lowest BCUT2D eigenvalue weighted by Crippen LogP contribution is -2.28. The van der Waals surface area contributed by atoms with Gasteiger partial charge in [0.1, 0.15) is 5.60 Å². The topological polar surface area (TPSA) is 69.4 Å². The second kappa shape index (κ2) is 5.75. The highest BCUT2D eigenvalue weighted by Crippen LogP contribution is 2.08. The summed E-state index contributed by atoms with van der Waals surface area (Å²) in [6.45, 7) is 5.75. The minimum Gasteiger partial charge on any atom is -0.454 e. The summed E-state index contributed by atoms with van der Waals surface area (Å²) in [5.74, 6) is -1.21. The number of nitrogens with two attached hydrogens (primary N) is 1. The first-order chi connectivity index (χ1) is 6.37. The minimum atomic E-state index is -0.741. The molecule has 0 amide bonds. The molecule has 82 valence electrons. The SMILES string of the molecule is CC(C)(C)OC(=O)C(=O)CCCCN. The van der Waals surface area contributed by atoms with E-state index in [9.17, 15) is 9.59 Å². The number of unbranched alkanes of at least 4 members (excludes halogenated alkanes) is 1. The van der Waals surface area contributed by atoms with Crippen molar-refractivity contribution < 1.29 is 14.3 Å². The molecule has 0 fully saturated rings. The van der Waals surface area contributed by atoms with Gasteiger partial charge in [-0.3, -0.25) is 4.79 Å². The molecule has 0 bridgehead atoms. The van der Waals surface area contributed by atoms with Crippen molar-refractivity contribution in [3.63, 3.8) is 0 Å². The Hall–Kier alpha value is -0.900. The predicted octanol–water partition coefficient (Wildman–Crippen LogP) is 1.03. The van der Waals surface area contributed by atoms with E-state index in [0.717, 1.165) is 6.42 Å². The Kier molecular flexibility index (Phi) is 5.38. The Bertz CT molecular complexity index is 206. The van der Waals surface area contributed by atoms with Gasteiger partial charge in [0, 0.05) is 6.42 Å². The first kappa shape index (κ1) is 13.1. The van der Waals surface area contributed by atoms with Gasteiger partial charge in [0.15, 0.2) is 0 Å². The number of rotatable bonds is 5. The number of carbonyl (C=O) groups excluding carboxylic acids is 2. The molecule has 0 spiro atoms. The van der Waals surface area contributed by atoms with E-state index >= 15 is 0 Å². The van der Waals surface area contributed by atoms with Gasteiger partial charge in [0.05, 0.1) is 0 Å². The lowest BCUT2D eigenvalue weighted by Gasteiger charge is -2.18. The molecule has 0 aromatic heterocycles. The fourth-order valence-electron chi connectivity index (χ4n) is 0.867. The van der Waals surface area contributed by atoms with Crippen molar-refractivity contribution in [2.45, 2.75) is 45.6 Å². The summed E-state index contributed by atoms with van der Waals surface area (Å²) in [4.78, 5) is 22.3. The van der Waals surface area contributed by atoms with Gasteiger partial charge < -0.3 is 10.5 Å². The summed E-state index contributed by atoms with van der Waals surface area (Å²) in [5.41, 5.74) is 4.67. The summed E-state index contributed by atoms with van der Waals surface area (Å²) in [6.07, 6.45) is 1.63. The van der Waals surface area contributed by atoms with Crippen molar-refractivity contribution >= 4 is 11.8 Å². The van der Waals surface area contributed by atoms with E-state index in [1.165, 1.54) is 0 Å². The Morgan fingerprint density at radius 2 is 1.79 bits per heavy atom. The minimum absolute atomic E-state index is 0.228. The molecule has 0 unspecified atom stereocenters. The Morgan fingerprint density at radius 1 is 1.21 bits per heavy atom. The van der Waals surface area contributed by atoms with Gasteiger partial charge in [-0.15, -0.1) is 0 Å². The van der Waals surface area contributed by atoms with Crippen LogP contribution in [0.3, 0.4) is 0 Å². The first-order valence-electron chi connectivity index (χ1n) is 4.83. The number of hydrogen-bond acceptors (Lipinski definition) is 4. The monoisotopic (exact) mass is 201 g/mol. The molecule has 0 aliphatic rings. The van der Waals surface area contributed by atoms with Crippen LogP contribution in [0.15, 0.2) is 0 Å². The molecule has 0 aliphatic carbocycles. The van der Waals surface area contributed by atoms with E-state index < -0.39 is 17.4 Å². The van der Waals surface area contributed by atoms with Gasteiger partial charge in [0.2, 0.25) is 5.78 Å². The number of carbonyl (C=O) groups is 2. The van der Waals surface area contributed by atoms with E-state index in [1.54, 1.807) is 20.8 Å². The molecule has 0 aromatic carbocycles. The van der Waals surface area contributed by atoms with E-state index in [4.69, 9.17) is 10.5 Å². The maximum absolute atomic E-state index is 11.2. The van der Waals surface area contributed by atoms with Gasteiger partial charge in [-0.05, 0) is 40.2 Å². The van der Waals surface area contributed by atoms with Gasteiger partial charge in [-0.1, -0.05) is 0 Å². The molecule has 0 aromatic rings. The van der Waals surface area contributed by atoms with Gasteiger partial charge in [-0.25, -0.2) is 4.79 Å². The van der Waals surface area contributed by atoms with Crippen molar-refractivity contribution in [1.29, 1.82) is 0 Å². The maximum atomic E-state index is 11.2. The third-order valence-corrected chi connectivity index (χ3v) is 1.48. The highest BCUT2D eigenvalue weighted by Gasteiger charge is 2.21. The first-order valence-corrected chi connectivity index (χ1v) is 4.83. The van der Waals surface area contributed by atoms with E-state index in [0.29, 0.717) is 13.0 Å². The second-order valence-corrected chi connectivity index (χ2v) is 4.17. The number of hydrogen-bond donors (Lipinski definition) is 1.